The lowest BCUT2D eigenvalue weighted by Crippen LogP contribution is -2.13. The standard InChI is InChI=1S/C101H62N4OS/c1-7-29-63(30-8-1)71-43-23-49-81-92(71)93-72(64-31-9-2-10-32-64)44-24-50-82(93)103(81)99-91(69-57-59-88-79(61-69)77-41-19-21-55-87(77)106-88)100(104-83-51-25-45-73(65-33-11-3-12-34-65)94(83)95-74(46-26-52-84(95)104)66-35-13-4-14-36-66)101(102-98(99)70-58-60-90-80(62-70)78-42-20-22-56-89(78)107-90)105-85-53-27-47-75(67-37-15-5-16-38-67)96(85)97-76(48-28-54-86(97)105)68-39-17-6-18-40-68/h1-62H. The number of benzene rings is 16. The lowest BCUT2D eigenvalue weighted by atomic mass is 9.95. The number of furan rings is 1. The molecule has 0 saturated carbocycles. The number of hydrogen-bond donors (Lipinski definition) is 0. The Morgan fingerprint density at radius 1 is 0.224 bits per heavy atom. The first-order valence-electron chi connectivity index (χ1n) is 36.6. The van der Waals surface area contributed by atoms with Gasteiger partial charge in [-0.25, -0.2) is 4.98 Å². The molecule has 0 fully saturated rings. The Balaban J connectivity index is 1.04. The molecule has 0 atom stereocenters. The Morgan fingerprint density at radius 2 is 0.551 bits per heavy atom. The van der Waals surface area contributed by atoms with E-state index in [9.17, 15) is 0 Å². The summed E-state index contributed by atoms with van der Waals surface area (Å²) in [6.07, 6.45) is 0. The molecule has 6 aromatic heterocycles. The molecule has 0 radical (unpaired) electrons. The smallest absolute Gasteiger partial charge is 0.163 e. The van der Waals surface area contributed by atoms with Crippen molar-refractivity contribution >= 4 is 119 Å². The zero-order valence-electron chi connectivity index (χ0n) is 57.9. The summed E-state index contributed by atoms with van der Waals surface area (Å²) in [5.74, 6) is 0.756. The Kier molecular flexibility index (Phi) is 13.8. The van der Waals surface area contributed by atoms with Crippen LogP contribution in [0.25, 0.3) is 214 Å². The van der Waals surface area contributed by atoms with Gasteiger partial charge in [0.05, 0.1) is 50.2 Å². The number of nitrogens with zero attached hydrogens (tertiary/aromatic N) is 4. The minimum Gasteiger partial charge on any atom is -0.456 e. The molecule has 0 amide bonds. The third kappa shape index (κ3) is 9.39. The first kappa shape index (κ1) is 60.7. The molecule has 22 rings (SSSR count). The number of para-hydroxylation sites is 1. The molecule has 6 heteroatoms. The summed E-state index contributed by atoms with van der Waals surface area (Å²) in [6, 6.07) is 139. The van der Waals surface area contributed by atoms with Crippen molar-refractivity contribution in [3.8, 4) is 106 Å². The van der Waals surface area contributed by atoms with E-state index in [2.05, 4.69) is 390 Å². The molecule has 0 unspecified atom stereocenters. The molecule has 0 aliphatic carbocycles. The maximum atomic E-state index is 6.91. The molecule has 0 aliphatic heterocycles. The van der Waals surface area contributed by atoms with Crippen LogP contribution in [0.15, 0.2) is 381 Å². The summed E-state index contributed by atoms with van der Waals surface area (Å²) in [6.45, 7) is 0. The van der Waals surface area contributed by atoms with Crippen molar-refractivity contribution in [1.29, 1.82) is 0 Å². The van der Waals surface area contributed by atoms with Crippen LogP contribution in [0, 0.1) is 0 Å². The number of hydrogen-bond acceptors (Lipinski definition) is 3. The molecule has 498 valence electrons. The van der Waals surface area contributed by atoms with Crippen LogP contribution in [-0.4, -0.2) is 18.7 Å². The van der Waals surface area contributed by atoms with E-state index in [0.717, 1.165) is 194 Å². The zero-order valence-corrected chi connectivity index (χ0v) is 58.7. The third-order valence-electron chi connectivity index (χ3n) is 22.1. The number of rotatable bonds is 11. The molecule has 0 bridgehead atoms. The van der Waals surface area contributed by atoms with Crippen LogP contribution < -0.4 is 0 Å². The zero-order chi connectivity index (χ0) is 70.2. The lowest BCUT2D eigenvalue weighted by Gasteiger charge is -2.26. The molecule has 6 heterocycles. The van der Waals surface area contributed by atoms with E-state index < -0.39 is 0 Å². The number of thiophene rings is 1. The predicted molar refractivity (Wildman–Crippen MR) is 451 cm³/mol. The molecule has 0 N–H and O–H groups in total. The van der Waals surface area contributed by atoms with Crippen LogP contribution in [0.5, 0.6) is 0 Å². The van der Waals surface area contributed by atoms with Crippen LogP contribution in [0.1, 0.15) is 0 Å². The monoisotopic (exact) mass is 1380 g/mol. The topological polar surface area (TPSA) is 40.8 Å². The van der Waals surface area contributed by atoms with Gasteiger partial charge in [0.1, 0.15) is 11.2 Å². The van der Waals surface area contributed by atoms with Crippen molar-refractivity contribution < 1.29 is 4.42 Å². The molecule has 0 aliphatic rings. The molecular formula is C101H62N4OS. The number of aromatic nitrogens is 4. The maximum Gasteiger partial charge on any atom is 0.163 e. The summed E-state index contributed by atoms with van der Waals surface area (Å²) in [7, 11) is 0. The normalized spacial score (nSPS) is 11.9. The molecular weight excluding hydrogens is 1320 g/mol. The summed E-state index contributed by atoms with van der Waals surface area (Å²) in [5.41, 5.74) is 27.0. The van der Waals surface area contributed by atoms with Crippen LogP contribution in [-0.2, 0) is 0 Å². The molecule has 107 heavy (non-hydrogen) atoms. The SMILES string of the molecule is c1ccc(-c2cccc3c2c2c(-c4ccccc4)cccc2n3-c2nc(-c3ccc4sc5ccccc5c4c3)c(-n3c4cccc(-c5ccccc5)c4c4c(-c5ccccc5)cccc43)c(-c3ccc4oc5ccccc5c4c3)c2-n2c3cccc(-c4ccccc4)c3c3c(-c4ccccc4)cccc32)cc1. The molecule has 22 aromatic rings. The Hall–Kier alpha value is -13.9. The highest BCUT2D eigenvalue weighted by Gasteiger charge is 2.35. The Labute approximate surface area is 620 Å². The van der Waals surface area contributed by atoms with Crippen molar-refractivity contribution in [1.82, 2.24) is 18.7 Å². The van der Waals surface area contributed by atoms with E-state index in [1.54, 1.807) is 0 Å². The molecule has 16 aromatic carbocycles. The van der Waals surface area contributed by atoms with Gasteiger partial charge in [-0.15, -0.1) is 11.3 Å². The van der Waals surface area contributed by atoms with Gasteiger partial charge in [0.25, 0.3) is 0 Å². The van der Waals surface area contributed by atoms with E-state index in [0.29, 0.717) is 0 Å². The second-order valence-electron chi connectivity index (χ2n) is 27.9. The van der Waals surface area contributed by atoms with E-state index >= 15 is 0 Å². The van der Waals surface area contributed by atoms with E-state index in [1.807, 2.05) is 11.3 Å². The van der Waals surface area contributed by atoms with Crippen LogP contribution in [0.3, 0.4) is 0 Å². The van der Waals surface area contributed by atoms with Crippen molar-refractivity contribution in [2.45, 2.75) is 0 Å². The van der Waals surface area contributed by atoms with Gasteiger partial charge < -0.3 is 13.6 Å². The molecule has 0 saturated heterocycles. The average molecular weight is 1380 g/mol. The highest BCUT2D eigenvalue weighted by molar-refractivity contribution is 7.25. The quantitative estimate of drug-likeness (QED) is 0.129. The summed E-state index contributed by atoms with van der Waals surface area (Å²) >= 11 is 1.84. The highest BCUT2D eigenvalue weighted by Crippen LogP contribution is 2.55. The Morgan fingerprint density at radius 3 is 0.972 bits per heavy atom. The lowest BCUT2D eigenvalue weighted by molar-refractivity contribution is 0.669. The fourth-order valence-electron chi connectivity index (χ4n) is 17.6. The molecule has 5 nitrogen and oxygen atoms in total. The van der Waals surface area contributed by atoms with Gasteiger partial charge in [-0.2, -0.15) is 0 Å². The van der Waals surface area contributed by atoms with Gasteiger partial charge in [0, 0.05) is 74.4 Å². The second kappa shape index (κ2) is 24.4. The minimum absolute atomic E-state index is 0.756. The van der Waals surface area contributed by atoms with E-state index in [1.165, 1.54) is 20.2 Å². The van der Waals surface area contributed by atoms with Gasteiger partial charge in [-0.05, 0) is 145 Å². The fraction of sp³-hybridized carbons (Fsp3) is 0. The molecule has 0 spiro atoms. The van der Waals surface area contributed by atoms with Crippen molar-refractivity contribution in [3.05, 3.63) is 376 Å². The maximum absolute atomic E-state index is 6.91. The van der Waals surface area contributed by atoms with Gasteiger partial charge in [0.2, 0.25) is 0 Å². The van der Waals surface area contributed by atoms with Crippen LogP contribution in [0.2, 0.25) is 0 Å². The van der Waals surface area contributed by atoms with E-state index in [-0.39, 0.29) is 0 Å². The fourth-order valence-corrected chi connectivity index (χ4v) is 18.6. The van der Waals surface area contributed by atoms with E-state index in [4.69, 9.17) is 9.40 Å². The summed E-state index contributed by atoms with van der Waals surface area (Å²) in [4.78, 5) is 6.82. The third-order valence-corrected chi connectivity index (χ3v) is 23.2. The minimum atomic E-state index is 0.756. The summed E-state index contributed by atoms with van der Waals surface area (Å²) in [5, 5.41) is 11.3. The largest absolute Gasteiger partial charge is 0.456 e. The van der Waals surface area contributed by atoms with Crippen LogP contribution >= 0.6 is 11.3 Å². The van der Waals surface area contributed by atoms with Crippen molar-refractivity contribution in [3.63, 3.8) is 0 Å². The predicted octanol–water partition coefficient (Wildman–Crippen LogP) is 28.0. The average Bonchev–Trinajstić information content (AvgIpc) is 1.56. The first-order chi connectivity index (χ1) is 53.1. The van der Waals surface area contributed by atoms with Crippen LogP contribution in [0.4, 0.5) is 0 Å². The van der Waals surface area contributed by atoms with Gasteiger partial charge in [0.15, 0.2) is 5.82 Å². The first-order valence-corrected chi connectivity index (χ1v) is 37.4. The number of fused-ring (bicyclic) bond motifs is 15. The second-order valence-corrected chi connectivity index (χ2v) is 29.0. The van der Waals surface area contributed by atoms with Gasteiger partial charge in [-0.1, -0.05) is 303 Å². The highest BCUT2D eigenvalue weighted by atomic mass is 32.1. The number of pyridine rings is 1. The Bertz CT molecular complexity index is 7040. The van der Waals surface area contributed by atoms with Gasteiger partial charge >= 0.3 is 0 Å². The van der Waals surface area contributed by atoms with Crippen molar-refractivity contribution in [2.24, 2.45) is 0 Å². The van der Waals surface area contributed by atoms with Gasteiger partial charge in [-0.3, -0.25) is 4.57 Å². The van der Waals surface area contributed by atoms with Crippen molar-refractivity contribution in [2.75, 3.05) is 0 Å². The summed E-state index contributed by atoms with van der Waals surface area (Å²) < 4.78 is 17.1.